The van der Waals surface area contributed by atoms with Crippen LogP contribution in [0.1, 0.15) is 32.6 Å². The maximum absolute atomic E-state index is 12.6. The second-order valence-electron chi connectivity index (χ2n) is 7.65. The molecule has 1 N–H and O–H groups in total. The Labute approximate surface area is 183 Å². The SMILES string of the molecule is CCC(=O)N[C@H]1CC[C@@H](N(C)C(=O)Oc2ccc(-c3ccc(OC)cc3OC)cc2)C1. The van der Waals surface area contributed by atoms with E-state index in [9.17, 15) is 9.59 Å². The molecule has 0 unspecified atom stereocenters. The largest absolute Gasteiger partial charge is 0.497 e. The fraction of sp³-hybridized carbons (Fsp3) is 0.417. The average Bonchev–Trinajstić information content (AvgIpc) is 3.26. The lowest BCUT2D eigenvalue weighted by molar-refractivity contribution is -0.121. The Hall–Kier alpha value is -3.22. The third-order valence-corrected chi connectivity index (χ3v) is 5.71. The van der Waals surface area contributed by atoms with Gasteiger partial charge in [0.2, 0.25) is 5.91 Å². The van der Waals surface area contributed by atoms with Gasteiger partial charge in [-0.2, -0.15) is 0 Å². The normalized spacial score (nSPS) is 17.7. The Balaban J connectivity index is 1.61. The quantitative estimate of drug-likeness (QED) is 0.716. The molecule has 2 amide bonds. The van der Waals surface area contributed by atoms with Crippen molar-refractivity contribution in [2.45, 2.75) is 44.7 Å². The molecular formula is C24H30N2O5. The van der Waals surface area contributed by atoms with E-state index < -0.39 is 6.09 Å². The number of hydrogen-bond acceptors (Lipinski definition) is 5. The van der Waals surface area contributed by atoms with Gasteiger partial charge in [0.05, 0.1) is 14.2 Å². The Bertz CT molecular complexity index is 913. The van der Waals surface area contributed by atoms with Crippen LogP contribution in [-0.4, -0.2) is 50.3 Å². The second kappa shape index (κ2) is 10.2. The Morgan fingerprint density at radius 2 is 1.74 bits per heavy atom. The van der Waals surface area contributed by atoms with Crippen LogP contribution in [0.25, 0.3) is 11.1 Å². The molecule has 0 heterocycles. The standard InChI is InChI=1S/C24H30N2O5/c1-5-23(27)25-17-8-9-18(14-17)26(2)24(28)31-19-10-6-16(7-11-19)21-13-12-20(29-3)15-22(21)30-4/h6-7,10-13,15,17-18H,5,8-9,14H2,1-4H3,(H,25,27)/t17-,18+/m0/s1. The lowest BCUT2D eigenvalue weighted by Gasteiger charge is -2.24. The zero-order chi connectivity index (χ0) is 22.4. The van der Waals surface area contributed by atoms with Crippen LogP contribution in [0, 0.1) is 0 Å². The van der Waals surface area contributed by atoms with E-state index in [0.717, 1.165) is 36.1 Å². The van der Waals surface area contributed by atoms with Crippen LogP contribution in [0.2, 0.25) is 0 Å². The van der Waals surface area contributed by atoms with E-state index in [2.05, 4.69) is 5.32 Å². The molecule has 0 aliphatic heterocycles. The first-order valence-electron chi connectivity index (χ1n) is 10.5. The molecule has 0 spiro atoms. The highest BCUT2D eigenvalue weighted by atomic mass is 16.6. The molecule has 0 saturated heterocycles. The van der Waals surface area contributed by atoms with Crippen molar-refractivity contribution < 1.29 is 23.8 Å². The van der Waals surface area contributed by atoms with Gasteiger partial charge in [-0.25, -0.2) is 4.79 Å². The number of rotatable bonds is 7. The van der Waals surface area contributed by atoms with Crippen LogP contribution in [0.4, 0.5) is 4.79 Å². The second-order valence-corrected chi connectivity index (χ2v) is 7.65. The zero-order valence-corrected chi connectivity index (χ0v) is 18.5. The van der Waals surface area contributed by atoms with Gasteiger partial charge in [0, 0.05) is 37.2 Å². The first kappa shape index (κ1) is 22.5. The molecule has 0 aromatic heterocycles. The molecule has 2 aromatic carbocycles. The van der Waals surface area contributed by atoms with Crippen molar-refractivity contribution in [3.8, 4) is 28.4 Å². The first-order valence-corrected chi connectivity index (χ1v) is 10.5. The van der Waals surface area contributed by atoms with E-state index in [-0.39, 0.29) is 18.0 Å². The molecule has 0 bridgehead atoms. The van der Waals surface area contributed by atoms with Gasteiger partial charge in [-0.1, -0.05) is 19.1 Å². The summed E-state index contributed by atoms with van der Waals surface area (Å²) in [5.74, 6) is 1.94. The number of ether oxygens (including phenoxy) is 3. The molecule has 3 rings (SSSR count). The maximum atomic E-state index is 12.6. The summed E-state index contributed by atoms with van der Waals surface area (Å²) < 4.78 is 16.3. The van der Waals surface area contributed by atoms with Crippen LogP contribution >= 0.6 is 0 Å². The van der Waals surface area contributed by atoms with E-state index >= 15 is 0 Å². The number of nitrogens with zero attached hydrogens (tertiary/aromatic N) is 1. The highest BCUT2D eigenvalue weighted by molar-refractivity contribution is 5.76. The molecule has 1 aliphatic carbocycles. The first-order chi connectivity index (χ1) is 14.9. The van der Waals surface area contributed by atoms with E-state index in [4.69, 9.17) is 14.2 Å². The van der Waals surface area contributed by atoms with E-state index in [1.54, 1.807) is 38.3 Å². The van der Waals surface area contributed by atoms with Crippen molar-refractivity contribution in [2.75, 3.05) is 21.3 Å². The van der Waals surface area contributed by atoms with Gasteiger partial charge in [0.15, 0.2) is 0 Å². The Kier molecular flexibility index (Phi) is 7.39. The van der Waals surface area contributed by atoms with Crippen molar-refractivity contribution in [1.29, 1.82) is 0 Å². The number of benzene rings is 2. The third kappa shape index (κ3) is 5.48. The van der Waals surface area contributed by atoms with Crippen molar-refractivity contribution in [2.24, 2.45) is 0 Å². The summed E-state index contributed by atoms with van der Waals surface area (Å²) >= 11 is 0. The lowest BCUT2D eigenvalue weighted by atomic mass is 10.0. The molecule has 7 nitrogen and oxygen atoms in total. The van der Waals surface area contributed by atoms with Gasteiger partial charge in [-0.3, -0.25) is 4.79 Å². The van der Waals surface area contributed by atoms with Crippen molar-refractivity contribution >= 4 is 12.0 Å². The lowest BCUT2D eigenvalue weighted by Crippen LogP contribution is -2.39. The molecule has 7 heteroatoms. The van der Waals surface area contributed by atoms with E-state index in [1.807, 2.05) is 37.3 Å². The number of carbonyl (C=O) groups excluding carboxylic acids is 2. The van der Waals surface area contributed by atoms with Crippen molar-refractivity contribution in [3.63, 3.8) is 0 Å². The van der Waals surface area contributed by atoms with Crippen molar-refractivity contribution in [1.82, 2.24) is 10.2 Å². The minimum Gasteiger partial charge on any atom is -0.497 e. The molecule has 1 saturated carbocycles. The fourth-order valence-corrected chi connectivity index (χ4v) is 3.83. The summed E-state index contributed by atoms with van der Waals surface area (Å²) in [7, 11) is 4.97. The summed E-state index contributed by atoms with van der Waals surface area (Å²) in [6.07, 6.45) is 2.52. The topological polar surface area (TPSA) is 77.1 Å². The minimum absolute atomic E-state index is 0.0458. The molecular weight excluding hydrogens is 396 g/mol. The van der Waals surface area contributed by atoms with E-state index in [1.165, 1.54) is 0 Å². The Morgan fingerprint density at radius 3 is 2.39 bits per heavy atom. The highest BCUT2D eigenvalue weighted by Gasteiger charge is 2.31. The van der Waals surface area contributed by atoms with Gasteiger partial charge in [0.25, 0.3) is 0 Å². The monoisotopic (exact) mass is 426 g/mol. The predicted molar refractivity (Wildman–Crippen MR) is 119 cm³/mol. The Morgan fingerprint density at radius 1 is 1.03 bits per heavy atom. The molecule has 1 fully saturated rings. The summed E-state index contributed by atoms with van der Waals surface area (Å²) in [5, 5.41) is 3.00. The van der Waals surface area contributed by atoms with Gasteiger partial charge in [-0.15, -0.1) is 0 Å². The van der Waals surface area contributed by atoms with Crippen LogP contribution in [-0.2, 0) is 4.79 Å². The fourth-order valence-electron chi connectivity index (χ4n) is 3.83. The van der Waals surface area contributed by atoms with E-state index in [0.29, 0.717) is 17.9 Å². The average molecular weight is 427 g/mol. The third-order valence-electron chi connectivity index (χ3n) is 5.71. The number of amides is 2. The molecule has 166 valence electrons. The number of carbonyl (C=O) groups is 2. The zero-order valence-electron chi connectivity index (χ0n) is 18.5. The molecule has 0 radical (unpaired) electrons. The molecule has 31 heavy (non-hydrogen) atoms. The summed E-state index contributed by atoms with van der Waals surface area (Å²) in [4.78, 5) is 25.8. The number of nitrogens with one attached hydrogen (secondary N) is 1. The van der Waals surface area contributed by atoms with Crippen LogP contribution < -0.4 is 19.5 Å². The molecule has 2 atom stereocenters. The van der Waals surface area contributed by atoms with Gasteiger partial charge >= 0.3 is 6.09 Å². The minimum atomic E-state index is -0.401. The van der Waals surface area contributed by atoms with Crippen LogP contribution in [0.15, 0.2) is 42.5 Å². The van der Waals surface area contributed by atoms with Crippen LogP contribution in [0.5, 0.6) is 17.2 Å². The molecule has 1 aliphatic rings. The highest BCUT2D eigenvalue weighted by Crippen LogP contribution is 2.34. The van der Waals surface area contributed by atoms with Crippen molar-refractivity contribution in [3.05, 3.63) is 42.5 Å². The van der Waals surface area contributed by atoms with Gasteiger partial charge in [0.1, 0.15) is 17.2 Å². The number of hydrogen-bond donors (Lipinski definition) is 1. The van der Waals surface area contributed by atoms with Gasteiger partial charge < -0.3 is 24.4 Å². The summed E-state index contributed by atoms with van der Waals surface area (Å²) in [5.41, 5.74) is 1.86. The number of methoxy groups -OCH3 is 2. The van der Waals surface area contributed by atoms with Gasteiger partial charge in [-0.05, 0) is 49.1 Å². The molecule has 2 aromatic rings. The summed E-state index contributed by atoms with van der Waals surface area (Å²) in [6.45, 7) is 1.83. The predicted octanol–water partition coefficient (Wildman–Crippen LogP) is 4.25. The maximum Gasteiger partial charge on any atom is 0.415 e. The smallest absolute Gasteiger partial charge is 0.415 e. The van der Waals surface area contributed by atoms with Crippen LogP contribution in [0.3, 0.4) is 0 Å². The summed E-state index contributed by atoms with van der Waals surface area (Å²) in [6, 6.07) is 13.1.